The summed E-state index contributed by atoms with van der Waals surface area (Å²) in [6.07, 6.45) is 0. The van der Waals surface area contributed by atoms with Gasteiger partial charge in [0.1, 0.15) is 5.75 Å². The van der Waals surface area contributed by atoms with Crippen molar-refractivity contribution >= 4 is 16.9 Å². The van der Waals surface area contributed by atoms with Gasteiger partial charge in [0.05, 0.1) is 23.9 Å². The second kappa shape index (κ2) is 5.25. The van der Waals surface area contributed by atoms with Gasteiger partial charge in [0.2, 0.25) is 0 Å². The van der Waals surface area contributed by atoms with Crippen molar-refractivity contribution in [3.8, 4) is 17.0 Å². The number of benzene rings is 2. The average molecular weight is 279 g/mol. The highest BCUT2D eigenvalue weighted by Gasteiger charge is 2.15. The van der Waals surface area contributed by atoms with Gasteiger partial charge < -0.3 is 9.84 Å². The molecule has 0 amide bonds. The molecule has 0 saturated heterocycles. The van der Waals surface area contributed by atoms with Crippen molar-refractivity contribution in [2.45, 2.75) is 0 Å². The normalized spacial score (nSPS) is 10.5. The van der Waals surface area contributed by atoms with Gasteiger partial charge in [-0.1, -0.05) is 30.3 Å². The number of hydrogen-bond donors (Lipinski definition) is 1. The van der Waals surface area contributed by atoms with Gasteiger partial charge in [0.15, 0.2) is 0 Å². The molecule has 2 aromatic carbocycles. The van der Waals surface area contributed by atoms with E-state index >= 15 is 0 Å². The van der Waals surface area contributed by atoms with Gasteiger partial charge in [-0.2, -0.15) is 0 Å². The SMILES string of the molecule is COC(=O)c1cc(-c2ccccc2O)nc2ccccc12. The molecule has 3 rings (SSSR count). The summed E-state index contributed by atoms with van der Waals surface area (Å²) in [5, 5.41) is 10.7. The fourth-order valence-electron chi connectivity index (χ4n) is 2.28. The molecule has 0 saturated carbocycles. The molecule has 4 nitrogen and oxygen atoms in total. The van der Waals surface area contributed by atoms with Gasteiger partial charge in [-0.3, -0.25) is 0 Å². The maximum absolute atomic E-state index is 12.0. The first-order valence-electron chi connectivity index (χ1n) is 6.47. The molecule has 3 aromatic rings. The highest BCUT2D eigenvalue weighted by Crippen LogP contribution is 2.30. The number of carbonyl (C=O) groups excluding carboxylic acids is 1. The molecule has 0 fully saturated rings. The molecule has 1 heterocycles. The van der Waals surface area contributed by atoms with E-state index in [0.29, 0.717) is 22.3 Å². The van der Waals surface area contributed by atoms with Crippen LogP contribution < -0.4 is 0 Å². The monoisotopic (exact) mass is 279 g/mol. The fraction of sp³-hybridized carbons (Fsp3) is 0.0588. The summed E-state index contributed by atoms with van der Waals surface area (Å²) in [5.74, 6) is -0.304. The number of aromatic nitrogens is 1. The predicted molar refractivity (Wildman–Crippen MR) is 80.2 cm³/mol. The number of hydrogen-bond acceptors (Lipinski definition) is 4. The Morgan fingerprint density at radius 2 is 1.81 bits per heavy atom. The van der Waals surface area contributed by atoms with Crippen LogP contribution in [0.15, 0.2) is 54.6 Å². The topological polar surface area (TPSA) is 59.4 Å². The molecule has 0 aliphatic carbocycles. The summed E-state index contributed by atoms with van der Waals surface area (Å²) in [6.45, 7) is 0. The van der Waals surface area contributed by atoms with E-state index in [1.54, 1.807) is 24.3 Å². The molecule has 1 aromatic heterocycles. The fourth-order valence-corrected chi connectivity index (χ4v) is 2.28. The third-order valence-electron chi connectivity index (χ3n) is 3.30. The zero-order valence-corrected chi connectivity index (χ0v) is 11.4. The smallest absolute Gasteiger partial charge is 0.338 e. The first kappa shape index (κ1) is 13.1. The summed E-state index contributed by atoms with van der Waals surface area (Å²) < 4.78 is 4.84. The second-order valence-electron chi connectivity index (χ2n) is 4.58. The van der Waals surface area contributed by atoms with E-state index in [1.165, 1.54) is 7.11 Å². The Balaban J connectivity index is 2.31. The quantitative estimate of drug-likeness (QED) is 0.730. The standard InChI is InChI=1S/C17H13NO3/c1-21-17(20)13-10-15(12-7-3-5-9-16(12)19)18-14-8-4-2-6-11(13)14/h2-10,19H,1H3. The highest BCUT2D eigenvalue weighted by molar-refractivity contribution is 6.04. The van der Waals surface area contributed by atoms with Crippen LogP contribution in [0, 0.1) is 0 Å². The molecular weight excluding hydrogens is 266 g/mol. The van der Waals surface area contributed by atoms with Crippen LogP contribution in [0.3, 0.4) is 0 Å². The Morgan fingerprint density at radius 1 is 1.10 bits per heavy atom. The predicted octanol–water partition coefficient (Wildman–Crippen LogP) is 3.39. The van der Waals surface area contributed by atoms with Gasteiger partial charge in [-0.25, -0.2) is 9.78 Å². The molecule has 0 bridgehead atoms. The molecular formula is C17H13NO3. The number of aromatic hydroxyl groups is 1. The van der Waals surface area contributed by atoms with Gasteiger partial charge >= 0.3 is 5.97 Å². The summed E-state index contributed by atoms with van der Waals surface area (Å²) in [4.78, 5) is 16.5. The second-order valence-corrected chi connectivity index (χ2v) is 4.58. The molecule has 0 aliphatic rings. The first-order chi connectivity index (χ1) is 10.2. The average Bonchev–Trinajstić information content (AvgIpc) is 2.53. The molecule has 0 aliphatic heterocycles. The molecule has 4 heteroatoms. The van der Waals surface area contributed by atoms with E-state index in [1.807, 2.05) is 30.3 Å². The van der Waals surface area contributed by atoms with E-state index in [9.17, 15) is 9.90 Å². The number of rotatable bonds is 2. The Labute approximate surface area is 121 Å². The number of phenols is 1. The zero-order valence-electron chi connectivity index (χ0n) is 11.4. The van der Waals surface area contributed by atoms with Crippen LogP contribution in [0.2, 0.25) is 0 Å². The number of para-hydroxylation sites is 2. The van der Waals surface area contributed by atoms with E-state index < -0.39 is 5.97 Å². The maximum atomic E-state index is 12.0. The number of ether oxygens (including phenoxy) is 1. The Kier molecular flexibility index (Phi) is 3.28. The van der Waals surface area contributed by atoms with Crippen LogP contribution in [0.4, 0.5) is 0 Å². The number of pyridine rings is 1. The number of methoxy groups -OCH3 is 1. The molecule has 104 valence electrons. The summed E-state index contributed by atoms with van der Waals surface area (Å²) in [7, 11) is 1.34. The van der Waals surface area contributed by atoms with Crippen molar-refractivity contribution in [3.05, 3.63) is 60.2 Å². The lowest BCUT2D eigenvalue weighted by molar-refractivity contribution is 0.0603. The lowest BCUT2D eigenvalue weighted by atomic mass is 10.0. The minimum atomic E-state index is -0.426. The minimum Gasteiger partial charge on any atom is -0.507 e. The number of esters is 1. The van der Waals surface area contributed by atoms with Gasteiger partial charge in [0, 0.05) is 10.9 Å². The van der Waals surface area contributed by atoms with Crippen molar-refractivity contribution in [2.24, 2.45) is 0 Å². The Bertz CT molecular complexity index is 827. The third kappa shape index (κ3) is 2.31. The van der Waals surface area contributed by atoms with Gasteiger partial charge in [0.25, 0.3) is 0 Å². The summed E-state index contributed by atoms with van der Waals surface area (Å²) >= 11 is 0. The summed E-state index contributed by atoms with van der Waals surface area (Å²) in [6, 6.07) is 15.9. The van der Waals surface area contributed by atoms with Gasteiger partial charge in [-0.15, -0.1) is 0 Å². The molecule has 0 atom stereocenters. The molecule has 21 heavy (non-hydrogen) atoms. The molecule has 0 unspecified atom stereocenters. The Morgan fingerprint density at radius 3 is 2.57 bits per heavy atom. The van der Waals surface area contributed by atoms with Crippen LogP contribution in [0.25, 0.3) is 22.2 Å². The van der Waals surface area contributed by atoms with E-state index in [4.69, 9.17) is 4.74 Å². The highest BCUT2D eigenvalue weighted by atomic mass is 16.5. The van der Waals surface area contributed by atoms with Crippen LogP contribution in [-0.4, -0.2) is 23.2 Å². The van der Waals surface area contributed by atoms with Crippen molar-refractivity contribution in [1.29, 1.82) is 0 Å². The van der Waals surface area contributed by atoms with E-state index in [0.717, 1.165) is 5.39 Å². The van der Waals surface area contributed by atoms with E-state index in [2.05, 4.69) is 4.98 Å². The molecule has 0 radical (unpaired) electrons. The third-order valence-corrected chi connectivity index (χ3v) is 3.30. The minimum absolute atomic E-state index is 0.121. The number of nitrogens with zero attached hydrogens (tertiary/aromatic N) is 1. The van der Waals surface area contributed by atoms with Crippen LogP contribution in [0.5, 0.6) is 5.75 Å². The van der Waals surface area contributed by atoms with Crippen LogP contribution in [0.1, 0.15) is 10.4 Å². The Hall–Kier alpha value is -2.88. The molecule has 1 N–H and O–H groups in total. The van der Waals surface area contributed by atoms with Crippen LogP contribution >= 0.6 is 0 Å². The molecule has 0 spiro atoms. The van der Waals surface area contributed by atoms with Gasteiger partial charge in [-0.05, 0) is 24.3 Å². The largest absolute Gasteiger partial charge is 0.507 e. The lowest BCUT2D eigenvalue weighted by Crippen LogP contribution is -2.03. The van der Waals surface area contributed by atoms with Crippen LogP contribution in [-0.2, 0) is 4.74 Å². The number of fused-ring (bicyclic) bond motifs is 1. The lowest BCUT2D eigenvalue weighted by Gasteiger charge is -2.09. The maximum Gasteiger partial charge on any atom is 0.338 e. The van der Waals surface area contributed by atoms with Crippen molar-refractivity contribution < 1.29 is 14.6 Å². The van der Waals surface area contributed by atoms with Crippen molar-refractivity contribution in [1.82, 2.24) is 4.98 Å². The number of phenolic OH excluding ortho intramolecular Hbond substituents is 1. The first-order valence-corrected chi connectivity index (χ1v) is 6.47. The van der Waals surface area contributed by atoms with E-state index in [-0.39, 0.29) is 5.75 Å². The summed E-state index contributed by atoms with van der Waals surface area (Å²) in [5.41, 5.74) is 2.22. The zero-order chi connectivity index (χ0) is 14.8. The number of carbonyl (C=O) groups is 1. The van der Waals surface area contributed by atoms with Crippen molar-refractivity contribution in [3.63, 3.8) is 0 Å². The van der Waals surface area contributed by atoms with Crippen molar-refractivity contribution in [2.75, 3.05) is 7.11 Å².